The third-order valence-electron chi connectivity index (χ3n) is 5.49. The third-order valence-corrected chi connectivity index (χ3v) is 5.49. The fourth-order valence-corrected chi connectivity index (χ4v) is 4.27. The molecular weight excluding hydrogens is 482 g/mol. The summed E-state index contributed by atoms with van der Waals surface area (Å²) in [7, 11) is 0. The average Bonchev–Trinajstić information content (AvgIpc) is 3.35. The SMILES string of the molecule is Cc1nc(N(C(=O)OC(C)(C)C)C(=O)OC(C)(C)C)c2cnn([C@@H]3C=C(C=O)[C@H]4OC(C)(C)O[C@H]43)c2n1. The van der Waals surface area contributed by atoms with E-state index >= 15 is 0 Å². The summed E-state index contributed by atoms with van der Waals surface area (Å²) in [6, 6.07) is -0.525. The molecule has 0 bridgehead atoms. The third kappa shape index (κ3) is 5.35. The molecule has 0 aromatic carbocycles. The quantitative estimate of drug-likeness (QED) is 0.552. The van der Waals surface area contributed by atoms with Crippen LogP contribution in [0, 0.1) is 6.92 Å². The Morgan fingerprint density at radius 3 is 2.19 bits per heavy atom. The Kier molecular flexibility index (Phi) is 6.40. The predicted octanol–water partition coefficient (Wildman–Crippen LogP) is 4.01. The van der Waals surface area contributed by atoms with Gasteiger partial charge in [-0.15, -0.1) is 0 Å². The molecule has 2 aromatic rings. The second kappa shape index (κ2) is 8.88. The highest BCUT2D eigenvalue weighted by Crippen LogP contribution is 2.43. The highest BCUT2D eigenvalue weighted by molar-refractivity contribution is 6.13. The van der Waals surface area contributed by atoms with Crippen molar-refractivity contribution in [2.75, 3.05) is 4.90 Å². The summed E-state index contributed by atoms with van der Waals surface area (Å²) in [5.41, 5.74) is -0.992. The van der Waals surface area contributed by atoms with Gasteiger partial charge in [0.1, 0.15) is 41.6 Å². The second-order valence-corrected chi connectivity index (χ2v) is 11.5. The van der Waals surface area contributed by atoms with Gasteiger partial charge in [-0.25, -0.2) is 24.2 Å². The molecule has 2 aliphatic rings. The summed E-state index contributed by atoms with van der Waals surface area (Å²) in [6.45, 7) is 15.3. The average molecular weight is 516 g/mol. The lowest BCUT2D eigenvalue weighted by atomic mass is 10.1. The zero-order valence-electron chi connectivity index (χ0n) is 22.6. The highest BCUT2D eigenvalue weighted by atomic mass is 16.8. The lowest BCUT2D eigenvalue weighted by molar-refractivity contribution is -0.148. The molecule has 1 fully saturated rings. The monoisotopic (exact) mass is 515 g/mol. The number of amides is 2. The van der Waals surface area contributed by atoms with E-state index in [1.165, 1.54) is 6.20 Å². The molecule has 0 saturated carbocycles. The number of aryl methyl sites for hydroxylation is 1. The smallest absolute Gasteiger partial charge is 0.425 e. The van der Waals surface area contributed by atoms with E-state index in [1.807, 2.05) is 0 Å². The van der Waals surface area contributed by atoms with Crippen LogP contribution in [0.5, 0.6) is 0 Å². The van der Waals surface area contributed by atoms with Crippen molar-refractivity contribution in [3.05, 3.63) is 23.7 Å². The minimum Gasteiger partial charge on any atom is -0.443 e. The lowest BCUT2D eigenvalue weighted by Crippen LogP contribution is -2.44. The summed E-state index contributed by atoms with van der Waals surface area (Å²) < 4.78 is 24.6. The zero-order valence-corrected chi connectivity index (χ0v) is 22.6. The van der Waals surface area contributed by atoms with Gasteiger partial charge in [0.15, 0.2) is 17.3 Å². The summed E-state index contributed by atoms with van der Waals surface area (Å²) in [4.78, 5) is 47.9. The van der Waals surface area contributed by atoms with Crippen molar-refractivity contribution in [3.63, 3.8) is 0 Å². The highest BCUT2D eigenvalue weighted by Gasteiger charge is 2.51. The molecule has 2 amide bonds. The van der Waals surface area contributed by atoms with Crippen molar-refractivity contribution in [1.29, 1.82) is 0 Å². The number of hydrogen-bond acceptors (Lipinski definition) is 10. The number of fused-ring (bicyclic) bond motifs is 2. The molecule has 3 heterocycles. The van der Waals surface area contributed by atoms with Crippen LogP contribution in [0.25, 0.3) is 11.0 Å². The van der Waals surface area contributed by atoms with Gasteiger partial charge in [-0.3, -0.25) is 4.79 Å². The Bertz CT molecular complexity index is 1260. The number of aldehydes is 1. The molecule has 1 aliphatic carbocycles. The van der Waals surface area contributed by atoms with E-state index in [4.69, 9.17) is 18.9 Å². The minimum atomic E-state index is -0.952. The number of carbonyl (C=O) groups excluding carboxylic acids is 3. The molecule has 3 atom stereocenters. The van der Waals surface area contributed by atoms with Crippen LogP contribution < -0.4 is 4.90 Å². The standard InChI is InChI=1S/C25H33N5O7/c1-13-27-19(29(21(32)36-23(2,3)4)22(33)37-24(5,6)7)15-11-26-30(20(15)28-13)16-10-14(12-31)17-18(16)35-25(8,9)34-17/h10-12,16-18H,1-9H3/t16-,17-,18+/m1/s1. The van der Waals surface area contributed by atoms with Crippen LogP contribution in [-0.4, -0.2) is 67.4 Å². The number of aromatic nitrogens is 4. The van der Waals surface area contributed by atoms with Crippen LogP contribution in [0.4, 0.5) is 15.4 Å². The molecule has 37 heavy (non-hydrogen) atoms. The molecular formula is C25H33N5O7. The summed E-state index contributed by atoms with van der Waals surface area (Å²) in [5, 5.41) is 4.80. The maximum absolute atomic E-state index is 13.2. The van der Waals surface area contributed by atoms with Crippen LogP contribution in [-0.2, 0) is 23.7 Å². The van der Waals surface area contributed by atoms with E-state index in [-0.39, 0.29) is 11.6 Å². The minimum absolute atomic E-state index is 0.0321. The van der Waals surface area contributed by atoms with Gasteiger partial charge in [-0.05, 0) is 68.4 Å². The Balaban J connectivity index is 1.84. The summed E-state index contributed by atoms with van der Waals surface area (Å²) in [6.07, 6.45) is 0.935. The number of hydrogen-bond donors (Lipinski definition) is 0. The maximum Gasteiger partial charge on any atom is 0.425 e. The second-order valence-electron chi connectivity index (χ2n) is 11.5. The fraction of sp³-hybridized carbons (Fsp3) is 0.600. The molecule has 12 heteroatoms. The van der Waals surface area contributed by atoms with E-state index in [0.29, 0.717) is 16.6 Å². The first-order valence-corrected chi connectivity index (χ1v) is 12.0. The molecule has 0 radical (unpaired) electrons. The predicted molar refractivity (Wildman–Crippen MR) is 132 cm³/mol. The van der Waals surface area contributed by atoms with Crippen LogP contribution in [0.3, 0.4) is 0 Å². The van der Waals surface area contributed by atoms with Crippen molar-refractivity contribution >= 4 is 35.3 Å². The van der Waals surface area contributed by atoms with Gasteiger partial charge >= 0.3 is 12.2 Å². The first-order chi connectivity index (χ1) is 17.0. The molecule has 4 rings (SSSR count). The largest absolute Gasteiger partial charge is 0.443 e. The number of ether oxygens (including phenoxy) is 4. The summed E-state index contributed by atoms with van der Waals surface area (Å²) in [5.74, 6) is -0.644. The van der Waals surface area contributed by atoms with Gasteiger partial charge in [0.25, 0.3) is 0 Å². The van der Waals surface area contributed by atoms with Crippen molar-refractivity contribution in [2.45, 2.75) is 97.6 Å². The Labute approximate surface area is 214 Å². The van der Waals surface area contributed by atoms with Gasteiger partial charge in [0, 0.05) is 5.57 Å². The lowest BCUT2D eigenvalue weighted by Gasteiger charge is -2.28. The van der Waals surface area contributed by atoms with E-state index in [1.54, 1.807) is 73.1 Å². The number of imide groups is 1. The topological polar surface area (TPSA) is 135 Å². The van der Waals surface area contributed by atoms with E-state index in [9.17, 15) is 14.4 Å². The van der Waals surface area contributed by atoms with Crippen molar-refractivity contribution in [1.82, 2.24) is 19.7 Å². The number of nitrogens with zero attached hydrogens (tertiary/aromatic N) is 5. The number of rotatable bonds is 3. The first-order valence-electron chi connectivity index (χ1n) is 12.0. The van der Waals surface area contributed by atoms with Gasteiger partial charge in [-0.2, -0.15) is 10.00 Å². The Morgan fingerprint density at radius 1 is 1.05 bits per heavy atom. The molecule has 200 valence electrons. The van der Waals surface area contributed by atoms with E-state index in [2.05, 4.69) is 15.1 Å². The van der Waals surface area contributed by atoms with E-state index in [0.717, 1.165) is 11.2 Å². The van der Waals surface area contributed by atoms with Crippen LogP contribution in [0.2, 0.25) is 0 Å². The molecule has 0 N–H and O–H groups in total. The molecule has 12 nitrogen and oxygen atoms in total. The van der Waals surface area contributed by atoms with Crippen molar-refractivity contribution < 1.29 is 33.3 Å². The maximum atomic E-state index is 13.2. The molecule has 1 aliphatic heterocycles. The zero-order chi connectivity index (χ0) is 27.5. The first kappa shape index (κ1) is 26.7. The number of carbonyl (C=O) groups is 3. The van der Waals surface area contributed by atoms with Crippen molar-refractivity contribution in [2.24, 2.45) is 0 Å². The van der Waals surface area contributed by atoms with Crippen molar-refractivity contribution in [3.8, 4) is 0 Å². The summed E-state index contributed by atoms with van der Waals surface area (Å²) >= 11 is 0. The fourth-order valence-electron chi connectivity index (χ4n) is 4.27. The Hall–Kier alpha value is -3.38. The van der Waals surface area contributed by atoms with Gasteiger partial charge in [-0.1, -0.05) is 0 Å². The van der Waals surface area contributed by atoms with Gasteiger partial charge in [0.05, 0.1) is 11.6 Å². The normalized spacial score (nSPS) is 22.9. The molecule has 0 unspecified atom stereocenters. The van der Waals surface area contributed by atoms with Gasteiger partial charge < -0.3 is 18.9 Å². The Morgan fingerprint density at radius 2 is 1.65 bits per heavy atom. The van der Waals surface area contributed by atoms with Crippen LogP contribution in [0.1, 0.15) is 67.3 Å². The van der Waals surface area contributed by atoms with Gasteiger partial charge in [0.2, 0.25) is 0 Å². The molecule has 0 spiro atoms. The molecule has 1 saturated heterocycles. The van der Waals surface area contributed by atoms with Crippen LogP contribution in [0.15, 0.2) is 17.8 Å². The number of anilines is 1. The van der Waals surface area contributed by atoms with E-state index < -0.39 is 47.4 Å². The van der Waals surface area contributed by atoms with Crippen LogP contribution >= 0.6 is 0 Å². The molecule has 2 aromatic heterocycles.